The number of nitrogens with zero attached hydrogens (tertiary/aromatic N) is 2. The Morgan fingerprint density at radius 3 is 2.47 bits per heavy atom. The summed E-state index contributed by atoms with van der Waals surface area (Å²) in [7, 11) is -3.64. The summed E-state index contributed by atoms with van der Waals surface area (Å²) < 4.78 is 38.9. The fourth-order valence-electron chi connectivity index (χ4n) is 1.71. The van der Waals surface area contributed by atoms with Gasteiger partial charge in [-0.05, 0) is 24.3 Å². The molecule has 0 amide bonds. The molecule has 0 radical (unpaired) electrons. The lowest BCUT2D eigenvalue weighted by molar-refractivity contribution is -0.108. The van der Waals surface area contributed by atoms with Crippen molar-refractivity contribution in [3.05, 3.63) is 30.1 Å². The second kappa shape index (κ2) is 4.42. The molecule has 0 N–H and O–H groups in total. The smallest absolute Gasteiger partial charge is 0.302 e. The van der Waals surface area contributed by atoms with E-state index in [0.717, 1.165) is 8.61 Å². The third kappa shape index (κ3) is 2.16. The Hall–Kier alpha value is -1.47. The van der Waals surface area contributed by atoms with Crippen LogP contribution in [0.15, 0.2) is 24.3 Å². The first-order valence-corrected chi connectivity index (χ1v) is 6.42. The van der Waals surface area contributed by atoms with E-state index in [1.165, 1.54) is 24.3 Å². The summed E-state index contributed by atoms with van der Waals surface area (Å²) in [5, 5.41) is 0. The number of benzene rings is 1. The van der Waals surface area contributed by atoms with Gasteiger partial charge in [0.1, 0.15) is 12.1 Å². The Morgan fingerprint density at radius 1 is 1.24 bits per heavy atom. The van der Waals surface area contributed by atoms with Crippen molar-refractivity contribution in [3.63, 3.8) is 0 Å². The van der Waals surface area contributed by atoms with E-state index in [9.17, 15) is 17.6 Å². The Morgan fingerprint density at radius 2 is 1.88 bits per heavy atom. The third-order valence-corrected chi connectivity index (χ3v) is 4.48. The van der Waals surface area contributed by atoms with Crippen molar-refractivity contribution in [2.24, 2.45) is 0 Å². The lowest BCUT2D eigenvalue weighted by atomic mass is 10.3. The van der Waals surface area contributed by atoms with E-state index in [0.29, 0.717) is 12.0 Å². The van der Waals surface area contributed by atoms with Gasteiger partial charge in [0.25, 0.3) is 0 Å². The molecule has 1 fully saturated rings. The van der Waals surface area contributed by atoms with Crippen LogP contribution in [0.3, 0.4) is 0 Å². The average Bonchev–Trinajstić information content (AvgIpc) is 2.57. The van der Waals surface area contributed by atoms with Gasteiger partial charge in [-0.1, -0.05) is 0 Å². The van der Waals surface area contributed by atoms with Crippen LogP contribution in [0, 0.1) is 5.82 Å². The highest BCUT2D eigenvalue weighted by Gasteiger charge is 2.36. The Balaban J connectivity index is 2.30. The number of aldehydes is 1. The van der Waals surface area contributed by atoms with Crippen LogP contribution in [-0.2, 0) is 15.0 Å². The molecule has 0 aliphatic carbocycles. The van der Waals surface area contributed by atoms with Crippen molar-refractivity contribution >= 4 is 22.2 Å². The molecular formula is C10H11FN2O3S. The van der Waals surface area contributed by atoms with Crippen LogP contribution in [0.1, 0.15) is 0 Å². The van der Waals surface area contributed by atoms with Gasteiger partial charge >= 0.3 is 10.2 Å². The number of hydrogen-bond donors (Lipinski definition) is 0. The first-order chi connectivity index (χ1) is 8.05. The van der Waals surface area contributed by atoms with Crippen LogP contribution in [0.2, 0.25) is 0 Å². The normalized spacial score (nSPS) is 19.5. The third-order valence-electron chi connectivity index (χ3n) is 2.55. The molecule has 0 atom stereocenters. The number of anilines is 1. The summed E-state index contributed by atoms with van der Waals surface area (Å²) in [4.78, 5) is 10.4. The lowest BCUT2D eigenvalue weighted by Crippen LogP contribution is -2.34. The number of carbonyl (C=O) groups is 1. The molecule has 1 heterocycles. The van der Waals surface area contributed by atoms with E-state index in [4.69, 9.17) is 0 Å². The maximum atomic E-state index is 12.7. The highest BCUT2D eigenvalue weighted by Crippen LogP contribution is 2.24. The maximum Gasteiger partial charge on any atom is 0.304 e. The molecule has 0 spiro atoms. The Bertz CT molecular complexity index is 515. The van der Waals surface area contributed by atoms with E-state index in [1.54, 1.807) is 0 Å². The summed E-state index contributed by atoms with van der Waals surface area (Å²) in [6, 6.07) is 5.20. The molecule has 0 aromatic heterocycles. The first kappa shape index (κ1) is 12.0. The molecule has 1 saturated heterocycles. The van der Waals surface area contributed by atoms with Gasteiger partial charge in [0.15, 0.2) is 0 Å². The molecule has 1 aliphatic heterocycles. The van der Waals surface area contributed by atoms with E-state index in [2.05, 4.69) is 0 Å². The predicted molar refractivity (Wildman–Crippen MR) is 60.3 cm³/mol. The predicted octanol–water partition coefficient (Wildman–Crippen LogP) is 0.391. The quantitative estimate of drug-likeness (QED) is 0.737. The summed E-state index contributed by atoms with van der Waals surface area (Å²) in [6.45, 7) is 0.375. The molecule has 0 unspecified atom stereocenters. The minimum atomic E-state index is -3.64. The van der Waals surface area contributed by atoms with Gasteiger partial charge in [0.2, 0.25) is 0 Å². The lowest BCUT2D eigenvalue weighted by Gasteiger charge is -2.18. The number of rotatable bonds is 3. The molecule has 17 heavy (non-hydrogen) atoms. The van der Waals surface area contributed by atoms with Crippen LogP contribution in [0.25, 0.3) is 0 Å². The highest BCUT2D eigenvalue weighted by molar-refractivity contribution is 7.90. The molecule has 1 aromatic rings. The van der Waals surface area contributed by atoms with Crippen molar-refractivity contribution in [1.82, 2.24) is 4.31 Å². The maximum absolute atomic E-state index is 12.7. The summed E-state index contributed by atoms with van der Waals surface area (Å²) in [6.07, 6.45) is 0.547. The molecule has 2 rings (SSSR count). The molecule has 1 aromatic carbocycles. The van der Waals surface area contributed by atoms with Gasteiger partial charge in [-0.15, -0.1) is 0 Å². The van der Waals surface area contributed by atoms with Crippen LogP contribution < -0.4 is 4.31 Å². The zero-order valence-electron chi connectivity index (χ0n) is 8.91. The second-order valence-corrected chi connectivity index (χ2v) is 5.43. The first-order valence-electron chi connectivity index (χ1n) is 5.03. The zero-order valence-corrected chi connectivity index (χ0v) is 9.73. The number of carbonyl (C=O) groups excluding carboxylic acids is 1. The summed E-state index contributed by atoms with van der Waals surface area (Å²) in [5.74, 6) is -0.421. The van der Waals surface area contributed by atoms with Gasteiger partial charge in [-0.3, -0.25) is 4.31 Å². The Labute approximate surface area is 98.6 Å². The Kier molecular flexibility index (Phi) is 3.12. The highest BCUT2D eigenvalue weighted by atomic mass is 32.2. The van der Waals surface area contributed by atoms with Gasteiger partial charge in [0.05, 0.1) is 12.2 Å². The molecule has 5 nitrogen and oxygen atoms in total. The van der Waals surface area contributed by atoms with E-state index in [1.807, 2.05) is 0 Å². The second-order valence-electron chi connectivity index (χ2n) is 3.58. The topological polar surface area (TPSA) is 57.7 Å². The SMILES string of the molecule is O=CCN1CCN(c2ccc(F)cc2)S1(=O)=O. The van der Waals surface area contributed by atoms with Crippen LogP contribution >= 0.6 is 0 Å². The van der Waals surface area contributed by atoms with Gasteiger partial charge in [-0.2, -0.15) is 12.7 Å². The van der Waals surface area contributed by atoms with Gasteiger partial charge < -0.3 is 4.79 Å². The van der Waals surface area contributed by atoms with Crippen LogP contribution in [0.4, 0.5) is 10.1 Å². The summed E-state index contributed by atoms with van der Waals surface area (Å²) >= 11 is 0. The molecular weight excluding hydrogens is 247 g/mol. The largest absolute Gasteiger partial charge is 0.304 e. The van der Waals surface area contributed by atoms with Crippen molar-refractivity contribution in [3.8, 4) is 0 Å². The fourth-order valence-corrected chi connectivity index (χ4v) is 3.25. The molecule has 92 valence electrons. The zero-order chi connectivity index (χ0) is 12.5. The number of hydrogen-bond acceptors (Lipinski definition) is 3. The monoisotopic (exact) mass is 258 g/mol. The van der Waals surface area contributed by atoms with Crippen molar-refractivity contribution in [2.45, 2.75) is 0 Å². The van der Waals surface area contributed by atoms with Gasteiger partial charge in [0, 0.05) is 13.1 Å². The van der Waals surface area contributed by atoms with Gasteiger partial charge in [-0.25, -0.2) is 4.39 Å². The molecule has 1 aliphatic rings. The van der Waals surface area contributed by atoms with Crippen molar-refractivity contribution in [2.75, 3.05) is 23.9 Å². The van der Waals surface area contributed by atoms with Crippen LogP contribution in [-0.4, -0.2) is 38.6 Å². The minimum Gasteiger partial charge on any atom is -0.302 e. The molecule has 0 saturated carbocycles. The van der Waals surface area contributed by atoms with Crippen molar-refractivity contribution < 1.29 is 17.6 Å². The van der Waals surface area contributed by atoms with E-state index < -0.39 is 16.0 Å². The minimum absolute atomic E-state index is 0.153. The average molecular weight is 258 g/mol. The van der Waals surface area contributed by atoms with E-state index >= 15 is 0 Å². The summed E-state index contributed by atoms with van der Waals surface area (Å²) in [5.41, 5.74) is 0.403. The van der Waals surface area contributed by atoms with E-state index in [-0.39, 0.29) is 19.6 Å². The molecule has 7 heteroatoms. The van der Waals surface area contributed by atoms with Crippen LogP contribution in [0.5, 0.6) is 0 Å². The standard InChI is InChI=1S/C10H11FN2O3S/c11-9-1-3-10(4-2-9)13-6-5-12(7-8-14)17(13,15)16/h1-4,8H,5-7H2. The molecule has 0 bridgehead atoms. The fraction of sp³-hybridized carbons (Fsp3) is 0.300. The van der Waals surface area contributed by atoms with Crippen molar-refractivity contribution in [1.29, 1.82) is 0 Å². The number of halogens is 1.